The Kier molecular flexibility index (Phi) is 4.82. The normalized spacial score (nSPS) is 12.5. The third-order valence-electron chi connectivity index (χ3n) is 2.36. The van der Waals surface area contributed by atoms with Crippen molar-refractivity contribution < 1.29 is 9.32 Å². The first-order valence-electron chi connectivity index (χ1n) is 5.04. The highest BCUT2D eigenvalue weighted by Gasteiger charge is 2.17. The van der Waals surface area contributed by atoms with Gasteiger partial charge >= 0.3 is 0 Å². The maximum Gasteiger partial charge on any atom is 0.243 e. The molecular weight excluding hydrogens is 226 g/mol. The van der Waals surface area contributed by atoms with Crippen LogP contribution in [0, 0.1) is 13.8 Å². The maximum absolute atomic E-state index is 11.6. The molecule has 0 aromatic carbocycles. The molecule has 0 bridgehead atoms. The number of carbonyl (C=O) groups excluding carboxylic acids is 1. The SMILES string of the molecule is CSCC[C@H](N)C(=O)Nc1onc(C)c1C. The van der Waals surface area contributed by atoms with Crippen LogP contribution >= 0.6 is 11.8 Å². The second kappa shape index (κ2) is 5.91. The summed E-state index contributed by atoms with van der Waals surface area (Å²) in [6.45, 7) is 3.66. The van der Waals surface area contributed by atoms with Gasteiger partial charge in [-0.15, -0.1) is 0 Å². The van der Waals surface area contributed by atoms with Gasteiger partial charge in [0.05, 0.1) is 11.7 Å². The number of nitrogens with zero attached hydrogens (tertiary/aromatic N) is 1. The van der Waals surface area contributed by atoms with Gasteiger partial charge in [0.2, 0.25) is 11.8 Å². The van der Waals surface area contributed by atoms with Crippen molar-refractivity contribution in [3.63, 3.8) is 0 Å². The number of carbonyl (C=O) groups is 1. The molecule has 1 aromatic heterocycles. The van der Waals surface area contributed by atoms with Crippen LogP contribution in [0.25, 0.3) is 0 Å². The lowest BCUT2D eigenvalue weighted by molar-refractivity contribution is -0.117. The van der Waals surface area contributed by atoms with Crippen molar-refractivity contribution >= 4 is 23.6 Å². The Hall–Kier alpha value is -1.01. The minimum Gasteiger partial charge on any atom is -0.338 e. The van der Waals surface area contributed by atoms with Crippen LogP contribution in [0.4, 0.5) is 5.88 Å². The second-order valence-corrected chi connectivity index (χ2v) is 4.58. The molecule has 0 aliphatic heterocycles. The number of nitrogens with two attached hydrogens (primary N) is 1. The summed E-state index contributed by atoms with van der Waals surface area (Å²) in [5.41, 5.74) is 7.33. The molecule has 3 N–H and O–H groups in total. The molecule has 0 aliphatic carbocycles. The van der Waals surface area contributed by atoms with E-state index in [1.807, 2.05) is 20.1 Å². The van der Waals surface area contributed by atoms with Crippen LogP contribution < -0.4 is 11.1 Å². The standard InChI is InChI=1S/C10H17N3O2S/c1-6-7(2)13-15-10(6)12-9(14)8(11)4-5-16-3/h8H,4-5,11H2,1-3H3,(H,12,14)/t8-/m0/s1. The number of thioether (sulfide) groups is 1. The summed E-state index contributed by atoms with van der Waals surface area (Å²) in [5, 5.41) is 6.39. The predicted octanol–water partition coefficient (Wildman–Crippen LogP) is 1.31. The quantitative estimate of drug-likeness (QED) is 0.815. The van der Waals surface area contributed by atoms with Gasteiger partial charge in [0.15, 0.2) is 0 Å². The first-order chi connectivity index (χ1) is 7.56. The van der Waals surface area contributed by atoms with Crippen LogP contribution in [0.5, 0.6) is 0 Å². The van der Waals surface area contributed by atoms with Crippen molar-refractivity contribution in [2.45, 2.75) is 26.3 Å². The van der Waals surface area contributed by atoms with Crippen LogP contribution in [0.2, 0.25) is 0 Å². The van der Waals surface area contributed by atoms with Gasteiger partial charge in [-0.2, -0.15) is 11.8 Å². The molecule has 90 valence electrons. The van der Waals surface area contributed by atoms with E-state index >= 15 is 0 Å². The van der Waals surface area contributed by atoms with Crippen molar-refractivity contribution in [3.05, 3.63) is 11.3 Å². The van der Waals surface area contributed by atoms with E-state index in [1.165, 1.54) is 0 Å². The smallest absolute Gasteiger partial charge is 0.243 e. The number of aromatic nitrogens is 1. The predicted molar refractivity (Wildman–Crippen MR) is 65.6 cm³/mol. The van der Waals surface area contributed by atoms with Crippen LogP contribution in [-0.4, -0.2) is 29.1 Å². The van der Waals surface area contributed by atoms with Gasteiger partial charge in [0, 0.05) is 5.56 Å². The fourth-order valence-electron chi connectivity index (χ4n) is 1.11. The summed E-state index contributed by atoms with van der Waals surface area (Å²) < 4.78 is 4.98. The summed E-state index contributed by atoms with van der Waals surface area (Å²) in [6, 6.07) is -0.503. The molecule has 1 amide bonds. The molecule has 0 unspecified atom stereocenters. The Labute approximate surface area is 99.1 Å². The minimum atomic E-state index is -0.503. The lowest BCUT2D eigenvalue weighted by Crippen LogP contribution is -2.36. The Morgan fingerprint density at radius 2 is 2.31 bits per heavy atom. The highest BCUT2D eigenvalue weighted by atomic mass is 32.2. The van der Waals surface area contributed by atoms with Gasteiger partial charge in [-0.25, -0.2) is 0 Å². The second-order valence-electron chi connectivity index (χ2n) is 3.60. The molecule has 0 radical (unpaired) electrons. The van der Waals surface area contributed by atoms with E-state index < -0.39 is 6.04 Å². The van der Waals surface area contributed by atoms with Gasteiger partial charge in [0.25, 0.3) is 0 Å². The maximum atomic E-state index is 11.6. The lowest BCUT2D eigenvalue weighted by Gasteiger charge is -2.09. The highest BCUT2D eigenvalue weighted by Crippen LogP contribution is 2.17. The first kappa shape index (κ1) is 13.1. The number of aryl methyl sites for hydroxylation is 1. The zero-order valence-corrected chi connectivity index (χ0v) is 10.6. The molecule has 0 saturated heterocycles. The van der Waals surface area contributed by atoms with E-state index in [-0.39, 0.29) is 5.91 Å². The van der Waals surface area contributed by atoms with E-state index in [2.05, 4.69) is 10.5 Å². The molecule has 1 rings (SSSR count). The molecule has 1 atom stereocenters. The fraction of sp³-hybridized carbons (Fsp3) is 0.600. The average molecular weight is 243 g/mol. The van der Waals surface area contributed by atoms with E-state index in [1.54, 1.807) is 11.8 Å². The monoisotopic (exact) mass is 243 g/mol. The molecule has 5 nitrogen and oxygen atoms in total. The van der Waals surface area contributed by atoms with Gasteiger partial charge in [-0.05, 0) is 32.3 Å². The van der Waals surface area contributed by atoms with Crippen molar-refractivity contribution in [3.8, 4) is 0 Å². The third-order valence-corrected chi connectivity index (χ3v) is 3.01. The van der Waals surface area contributed by atoms with Crippen molar-refractivity contribution in [1.82, 2.24) is 5.16 Å². The molecule has 0 fully saturated rings. The van der Waals surface area contributed by atoms with Crippen LogP contribution in [0.15, 0.2) is 4.52 Å². The molecule has 1 heterocycles. The first-order valence-corrected chi connectivity index (χ1v) is 6.44. The van der Waals surface area contributed by atoms with Crippen molar-refractivity contribution in [2.24, 2.45) is 5.73 Å². The van der Waals surface area contributed by atoms with Gasteiger partial charge < -0.3 is 10.3 Å². The number of anilines is 1. The van der Waals surface area contributed by atoms with Gasteiger partial charge in [-0.1, -0.05) is 5.16 Å². The zero-order chi connectivity index (χ0) is 12.1. The molecular formula is C10H17N3O2S. The topological polar surface area (TPSA) is 81.2 Å². The summed E-state index contributed by atoms with van der Waals surface area (Å²) in [7, 11) is 0. The number of rotatable bonds is 5. The van der Waals surface area contributed by atoms with E-state index in [0.717, 1.165) is 17.0 Å². The third kappa shape index (κ3) is 3.24. The molecule has 0 saturated carbocycles. The van der Waals surface area contributed by atoms with Gasteiger partial charge in [0.1, 0.15) is 0 Å². The largest absolute Gasteiger partial charge is 0.338 e. The number of nitrogens with one attached hydrogen (secondary N) is 1. The van der Waals surface area contributed by atoms with Crippen molar-refractivity contribution in [1.29, 1.82) is 0 Å². The number of hydrogen-bond donors (Lipinski definition) is 2. The summed E-state index contributed by atoms with van der Waals surface area (Å²) in [5.74, 6) is 1.03. The highest BCUT2D eigenvalue weighted by molar-refractivity contribution is 7.98. The van der Waals surface area contributed by atoms with Gasteiger partial charge in [-0.3, -0.25) is 10.1 Å². The summed E-state index contributed by atoms with van der Waals surface area (Å²) >= 11 is 1.67. The number of hydrogen-bond acceptors (Lipinski definition) is 5. The molecule has 0 aliphatic rings. The zero-order valence-electron chi connectivity index (χ0n) is 9.74. The Morgan fingerprint density at radius 3 is 2.81 bits per heavy atom. The van der Waals surface area contributed by atoms with Crippen LogP contribution in [-0.2, 0) is 4.79 Å². The van der Waals surface area contributed by atoms with E-state index in [0.29, 0.717) is 12.3 Å². The van der Waals surface area contributed by atoms with Crippen LogP contribution in [0.1, 0.15) is 17.7 Å². The fourth-order valence-corrected chi connectivity index (χ4v) is 1.60. The number of amides is 1. The minimum absolute atomic E-state index is 0.228. The Bertz CT molecular complexity index is 365. The van der Waals surface area contributed by atoms with Crippen LogP contribution in [0.3, 0.4) is 0 Å². The summed E-state index contributed by atoms with van der Waals surface area (Å²) in [4.78, 5) is 11.6. The molecule has 1 aromatic rings. The Morgan fingerprint density at radius 1 is 1.62 bits per heavy atom. The van der Waals surface area contributed by atoms with E-state index in [4.69, 9.17) is 10.3 Å². The summed E-state index contributed by atoms with van der Waals surface area (Å²) in [6.07, 6.45) is 2.63. The van der Waals surface area contributed by atoms with E-state index in [9.17, 15) is 4.79 Å². The Balaban J connectivity index is 2.54. The van der Waals surface area contributed by atoms with Crippen molar-refractivity contribution in [2.75, 3.05) is 17.3 Å². The molecule has 0 spiro atoms. The average Bonchev–Trinajstić information content (AvgIpc) is 2.57. The molecule has 6 heteroatoms. The molecule has 16 heavy (non-hydrogen) atoms. The lowest BCUT2D eigenvalue weighted by atomic mass is 10.2.